The third-order valence-corrected chi connectivity index (χ3v) is 5.63. The molecule has 2 heterocycles. The molecule has 0 saturated carbocycles. The number of aliphatic hydroxyl groups excluding tert-OH is 1. The highest BCUT2D eigenvalue weighted by molar-refractivity contribution is 7.98. The molecule has 0 fully saturated rings. The van der Waals surface area contributed by atoms with Crippen LogP contribution < -0.4 is 14.8 Å². The van der Waals surface area contributed by atoms with Crippen LogP contribution in [0.25, 0.3) is 0 Å². The van der Waals surface area contributed by atoms with Gasteiger partial charge >= 0.3 is 0 Å². The van der Waals surface area contributed by atoms with Crippen molar-refractivity contribution in [3.63, 3.8) is 0 Å². The van der Waals surface area contributed by atoms with Gasteiger partial charge in [0.05, 0.1) is 17.3 Å². The largest absolute Gasteiger partial charge is 0.395 e. The number of aromatic nitrogens is 1. The zero-order valence-corrected chi connectivity index (χ0v) is 16.8. The smallest absolute Gasteiger partial charge is 0.273 e. The van der Waals surface area contributed by atoms with Crippen LogP contribution in [0.5, 0.6) is 0 Å². The van der Waals surface area contributed by atoms with Gasteiger partial charge in [0.25, 0.3) is 5.91 Å². The lowest BCUT2D eigenvalue weighted by Gasteiger charge is -2.19. The lowest BCUT2D eigenvalue weighted by atomic mass is 10.1. The maximum atomic E-state index is 13.4. The molecular weight excluding hydrogens is 410 g/mol. The number of nitrogens with zero attached hydrogens (tertiary/aromatic N) is 1. The fraction of sp³-hybridized carbons (Fsp3) is 0.389. The van der Waals surface area contributed by atoms with Crippen LogP contribution in [0, 0.1) is 11.6 Å². The van der Waals surface area contributed by atoms with Gasteiger partial charge in [-0.1, -0.05) is 11.6 Å². The average Bonchev–Trinajstić information content (AvgIpc) is 2.96. The topological polar surface area (TPSA) is 78.3 Å². The van der Waals surface area contributed by atoms with Crippen LogP contribution in [0.15, 0.2) is 18.2 Å². The zero-order chi connectivity index (χ0) is 20.3. The van der Waals surface area contributed by atoms with E-state index >= 15 is 0 Å². The number of rotatable bonds is 7. The van der Waals surface area contributed by atoms with Crippen molar-refractivity contribution in [3.05, 3.63) is 46.2 Å². The van der Waals surface area contributed by atoms with E-state index < -0.39 is 17.5 Å². The van der Waals surface area contributed by atoms with Gasteiger partial charge in [-0.05, 0) is 38.3 Å². The molecule has 152 valence electrons. The van der Waals surface area contributed by atoms with Crippen LogP contribution in [0.1, 0.15) is 35.9 Å². The van der Waals surface area contributed by atoms with Gasteiger partial charge in [0.1, 0.15) is 5.69 Å². The highest BCUT2D eigenvalue weighted by Crippen LogP contribution is 2.38. The Morgan fingerprint density at radius 2 is 2.14 bits per heavy atom. The molecule has 0 spiro atoms. The second-order valence-corrected chi connectivity index (χ2v) is 7.60. The van der Waals surface area contributed by atoms with Crippen LogP contribution >= 0.6 is 23.7 Å². The number of benzene rings is 1. The number of halogens is 3. The quantitative estimate of drug-likeness (QED) is 0.500. The Morgan fingerprint density at radius 3 is 2.86 bits per heavy atom. The van der Waals surface area contributed by atoms with Gasteiger partial charge in [0.15, 0.2) is 11.6 Å². The van der Waals surface area contributed by atoms with E-state index in [0.29, 0.717) is 12.2 Å². The number of carbonyl (C=O) groups excluding carboxylic acids is 1. The Balaban J connectivity index is 1.85. The summed E-state index contributed by atoms with van der Waals surface area (Å²) < 4.78 is 34.5. The van der Waals surface area contributed by atoms with E-state index in [1.54, 1.807) is 0 Å². The molecule has 4 N–H and O–H groups in total. The van der Waals surface area contributed by atoms with Crippen LogP contribution in [-0.4, -0.2) is 28.2 Å². The maximum absolute atomic E-state index is 13.4. The van der Waals surface area contributed by atoms with Crippen molar-refractivity contribution in [2.75, 3.05) is 16.6 Å². The Labute approximate surface area is 170 Å². The first-order valence-corrected chi connectivity index (χ1v) is 10.1. The van der Waals surface area contributed by atoms with Gasteiger partial charge in [0.2, 0.25) is 0 Å². The van der Waals surface area contributed by atoms with Gasteiger partial charge in [0, 0.05) is 42.2 Å². The standard InChI is InChI=1S/C18H21ClF2N4O2S/c1-10(9-26)23-28-24-16-14-4-2-3-7-25(14)17(15(16)19)18(27)22-11-5-6-12(20)13(21)8-11/h5-6,8,10,23-24,26H,2-4,7,9H2,1H3,(H,22,27). The zero-order valence-electron chi connectivity index (χ0n) is 15.2. The Hall–Kier alpha value is -1.81. The van der Waals surface area contributed by atoms with Crippen molar-refractivity contribution in [3.8, 4) is 0 Å². The molecule has 10 heteroatoms. The number of aliphatic hydroxyl groups is 1. The molecule has 0 bridgehead atoms. The van der Waals surface area contributed by atoms with Gasteiger partial charge in [-0.25, -0.2) is 13.5 Å². The molecule has 6 nitrogen and oxygen atoms in total. The van der Waals surface area contributed by atoms with Gasteiger partial charge in [-0.15, -0.1) is 0 Å². The summed E-state index contributed by atoms with van der Waals surface area (Å²) in [4.78, 5) is 12.8. The van der Waals surface area contributed by atoms with Crippen molar-refractivity contribution < 1.29 is 18.7 Å². The average molecular weight is 431 g/mol. The van der Waals surface area contributed by atoms with Crippen molar-refractivity contribution in [1.29, 1.82) is 0 Å². The van der Waals surface area contributed by atoms with Crippen molar-refractivity contribution in [1.82, 2.24) is 9.29 Å². The molecule has 1 aromatic carbocycles. The molecule has 28 heavy (non-hydrogen) atoms. The van der Waals surface area contributed by atoms with Crippen molar-refractivity contribution in [2.45, 2.75) is 38.8 Å². The summed E-state index contributed by atoms with van der Waals surface area (Å²) in [5.74, 6) is -2.51. The van der Waals surface area contributed by atoms with Crippen LogP contribution in [0.4, 0.5) is 20.2 Å². The molecule has 3 rings (SSSR count). The minimum atomic E-state index is -1.04. The molecule has 1 amide bonds. The number of carbonyl (C=O) groups is 1. The summed E-state index contributed by atoms with van der Waals surface area (Å²) in [6.07, 6.45) is 2.65. The molecule has 1 aliphatic rings. The molecular formula is C18H21ClF2N4O2S. The summed E-state index contributed by atoms with van der Waals surface area (Å²) in [6.45, 7) is 2.45. The number of hydrogen-bond donors (Lipinski definition) is 4. The van der Waals surface area contributed by atoms with Crippen LogP contribution in [0.2, 0.25) is 5.02 Å². The normalized spacial score (nSPS) is 14.5. The van der Waals surface area contributed by atoms with E-state index in [4.69, 9.17) is 16.7 Å². The second-order valence-electron chi connectivity index (χ2n) is 6.58. The van der Waals surface area contributed by atoms with Gasteiger partial charge in [-0.2, -0.15) is 0 Å². The maximum Gasteiger partial charge on any atom is 0.273 e. The van der Waals surface area contributed by atoms with E-state index in [1.165, 1.54) is 18.2 Å². The Morgan fingerprint density at radius 1 is 1.36 bits per heavy atom. The highest BCUT2D eigenvalue weighted by Gasteiger charge is 2.28. The molecule has 1 aromatic heterocycles. The van der Waals surface area contributed by atoms with Gasteiger partial charge in [-0.3, -0.25) is 4.79 Å². The Bertz CT molecular complexity index is 878. The Kier molecular flexibility index (Phi) is 6.82. The van der Waals surface area contributed by atoms with E-state index in [1.807, 2.05) is 11.5 Å². The fourth-order valence-corrected chi connectivity index (χ4v) is 4.07. The van der Waals surface area contributed by atoms with Crippen molar-refractivity contribution >= 4 is 41.0 Å². The SMILES string of the molecule is CC(CO)NSNc1c(Cl)c(C(=O)Nc2ccc(F)c(F)c2)n2c1CCCC2. The number of amides is 1. The van der Waals surface area contributed by atoms with Crippen LogP contribution in [0.3, 0.4) is 0 Å². The molecule has 0 aliphatic carbocycles. The molecule has 2 aromatic rings. The summed E-state index contributed by atoms with van der Waals surface area (Å²) >= 11 is 7.70. The van der Waals surface area contributed by atoms with E-state index in [2.05, 4.69) is 14.8 Å². The van der Waals surface area contributed by atoms with Gasteiger partial charge < -0.3 is 19.7 Å². The monoisotopic (exact) mass is 430 g/mol. The van der Waals surface area contributed by atoms with E-state index in [0.717, 1.165) is 37.1 Å². The minimum Gasteiger partial charge on any atom is -0.395 e. The first-order valence-electron chi connectivity index (χ1n) is 8.87. The summed E-state index contributed by atoms with van der Waals surface area (Å²) in [5, 5.41) is 11.9. The molecule has 1 unspecified atom stereocenters. The third kappa shape index (κ3) is 4.43. The number of fused-ring (bicyclic) bond motifs is 1. The van der Waals surface area contributed by atoms with Crippen LogP contribution in [-0.2, 0) is 13.0 Å². The molecule has 0 saturated heterocycles. The fourth-order valence-electron chi connectivity index (χ4n) is 3.01. The first-order chi connectivity index (χ1) is 13.4. The summed E-state index contributed by atoms with van der Waals surface area (Å²) in [6, 6.07) is 3.05. The van der Waals surface area contributed by atoms with E-state index in [9.17, 15) is 13.6 Å². The second kappa shape index (κ2) is 9.13. The number of anilines is 2. The minimum absolute atomic E-state index is 0.0157. The first kappa shape index (κ1) is 20.9. The summed E-state index contributed by atoms with van der Waals surface area (Å²) in [5.41, 5.74) is 1.98. The lowest BCUT2D eigenvalue weighted by molar-refractivity contribution is 0.101. The predicted octanol–water partition coefficient (Wildman–Crippen LogP) is 3.95. The molecule has 0 radical (unpaired) electrons. The van der Waals surface area contributed by atoms with Crippen molar-refractivity contribution in [2.24, 2.45) is 0 Å². The third-order valence-electron chi connectivity index (χ3n) is 4.44. The highest BCUT2D eigenvalue weighted by atomic mass is 35.5. The molecule has 1 atom stereocenters. The lowest BCUT2D eigenvalue weighted by Crippen LogP contribution is -2.24. The number of nitrogens with one attached hydrogen (secondary N) is 3. The predicted molar refractivity (Wildman–Crippen MR) is 108 cm³/mol. The van der Waals surface area contributed by atoms with E-state index in [-0.39, 0.29) is 29.1 Å². The summed E-state index contributed by atoms with van der Waals surface area (Å²) in [7, 11) is 0. The molecule has 1 aliphatic heterocycles. The number of hydrogen-bond acceptors (Lipinski definition) is 5.